The number of piperidine rings is 1. The molecular formula is C28H27ClN2O5. The van der Waals surface area contributed by atoms with E-state index >= 15 is 0 Å². The quantitative estimate of drug-likeness (QED) is 0.465. The van der Waals surface area contributed by atoms with Crippen molar-refractivity contribution in [1.29, 1.82) is 0 Å². The van der Waals surface area contributed by atoms with Crippen LogP contribution in [0.2, 0.25) is 5.02 Å². The van der Waals surface area contributed by atoms with Crippen molar-refractivity contribution in [3.8, 4) is 0 Å². The fourth-order valence-electron chi connectivity index (χ4n) is 4.71. The Morgan fingerprint density at radius 3 is 2.03 bits per heavy atom. The molecule has 2 amide bonds. The van der Waals surface area contributed by atoms with E-state index in [1.807, 2.05) is 36.4 Å². The average Bonchev–Trinajstić information content (AvgIpc) is 2.90. The van der Waals surface area contributed by atoms with Crippen LogP contribution in [0.25, 0.3) is 0 Å². The first-order valence-electron chi connectivity index (χ1n) is 11.7. The first-order chi connectivity index (χ1) is 17.4. The highest BCUT2D eigenvalue weighted by Crippen LogP contribution is 2.41. The third kappa shape index (κ3) is 5.75. The molecule has 0 unspecified atom stereocenters. The third-order valence-electron chi connectivity index (χ3n) is 6.57. The summed E-state index contributed by atoms with van der Waals surface area (Å²) in [4.78, 5) is 38.2. The van der Waals surface area contributed by atoms with E-state index in [1.165, 1.54) is 29.3 Å². The highest BCUT2D eigenvalue weighted by molar-refractivity contribution is 6.31. The summed E-state index contributed by atoms with van der Waals surface area (Å²) in [6, 6.07) is 24.9. The maximum atomic E-state index is 12.8. The molecule has 1 aliphatic heterocycles. The van der Waals surface area contributed by atoms with Crippen LogP contribution < -0.4 is 5.32 Å². The lowest BCUT2D eigenvalue weighted by Gasteiger charge is -2.43. The number of halogens is 1. The Morgan fingerprint density at radius 1 is 0.889 bits per heavy atom. The average molecular weight is 507 g/mol. The molecule has 8 heteroatoms. The molecule has 1 heterocycles. The Morgan fingerprint density at radius 2 is 1.47 bits per heavy atom. The van der Waals surface area contributed by atoms with Crippen LogP contribution in [0.15, 0.2) is 78.9 Å². The molecule has 0 atom stereocenters. The molecule has 4 rings (SSSR count). The van der Waals surface area contributed by atoms with Gasteiger partial charge in [-0.1, -0.05) is 72.3 Å². The minimum absolute atomic E-state index is 0.112. The second kappa shape index (κ2) is 11.4. The van der Waals surface area contributed by atoms with Gasteiger partial charge in [0, 0.05) is 23.5 Å². The minimum Gasteiger partial charge on any atom is -0.478 e. The Bertz CT molecular complexity index is 1180. The molecule has 3 aromatic rings. The number of benzene rings is 3. The lowest BCUT2D eigenvalue weighted by Crippen LogP contribution is -2.47. The number of carboxylic acid groups (broad SMARTS) is 1. The van der Waals surface area contributed by atoms with Crippen LogP contribution in [-0.2, 0) is 19.7 Å². The molecule has 0 bridgehead atoms. The summed E-state index contributed by atoms with van der Waals surface area (Å²) in [5.74, 6) is -1.95. The normalized spacial score (nSPS) is 14.8. The smallest absolute Gasteiger partial charge is 0.337 e. The summed E-state index contributed by atoms with van der Waals surface area (Å²) < 4.78 is 5.35. The minimum atomic E-state index is -1.21. The first-order valence-corrected chi connectivity index (χ1v) is 12.1. The number of nitrogens with zero attached hydrogens (tertiary/aromatic N) is 1. The second-order valence-electron chi connectivity index (χ2n) is 8.73. The number of aromatic carboxylic acids is 1. The summed E-state index contributed by atoms with van der Waals surface area (Å²) >= 11 is 5.83. The number of likely N-dealkylation sites (tertiary alicyclic amines) is 1. The topological polar surface area (TPSA) is 95.9 Å². The summed E-state index contributed by atoms with van der Waals surface area (Å²) in [5.41, 5.74) is 2.29. The number of nitrogens with one attached hydrogen (secondary N) is 1. The monoisotopic (exact) mass is 506 g/mol. The van der Waals surface area contributed by atoms with Gasteiger partial charge in [0.05, 0.1) is 11.3 Å². The Labute approximate surface area is 214 Å². The summed E-state index contributed by atoms with van der Waals surface area (Å²) in [6.07, 6.45) is 1.56. The van der Waals surface area contributed by atoms with Gasteiger partial charge in [-0.2, -0.15) is 0 Å². The number of carboxylic acids is 1. The van der Waals surface area contributed by atoms with Crippen LogP contribution in [0, 0.1) is 0 Å². The molecule has 0 spiro atoms. The predicted molar refractivity (Wildman–Crippen MR) is 137 cm³/mol. The molecular weight excluding hydrogens is 480 g/mol. The number of anilines is 1. The van der Waals surface area contributed by atoms with Crippen LogP contribution in [-0.4, -0.2) is 54.1 Å². The zero-order valence-electron chi connectivity index (χ0n) is 19.7. The van der Waals surface area contributed by atoms with E-state index in [0.717, 1.165) is 12.8 Å². The molecule has 1 aliphatic rings. The highest BCUT2D eigenvalue weighted by atomic mass is 35.5. The lowest BCUT2D eigenvalue weighted by molar-refractivity contribution is -0.138. The van der Waals surface area contributed by atoms with Gasteiger partial charge in [-0.25, -0.2) is 4.79 Å². The molecule has 0 radical (unpaired) electrons. The molecule has 0 aliphatic carbocycles. The standard InChI is InChI=1S/C28H27ClN2O5/c29-22-11-12-24(23(17-22)27(34)35)30-25(32)18-36-19-26(33)31-15-13-28(14-16-31,20-7-3-1-4-8-20)21-9-5-2-6-10-21/h1-12,17H,13-16,18-19H2,(H,30,32)(H,34,35). The van der Waals surface area contributed by atoms with Gasteiger partial charge >= 0.3 is 5.97 Å². The number of hydrogen-bond acceptors (Lipinski definition) is 4. The van der Waals surface area contributed by atoms with E-state index < -0.39 is 11.9 Å². The largest absolute Gasteiger partial charge is 0.478 e. The van der Waals surface area contributed by atoms with E-state index in [1.54, 1.807) is 4.90 Å². The van der Waals surface area contributed by atoms with Crippen molar-refractivity contribution in [2.45, 2.75) is 18.3 Å². The number of hydrogen-bond donors (Lipinski definition) is 2. The SMILES string of the molecule is O=C(COCC(=O)N1CCC(c2ccccc2)(c2ccccc2)CC1)Nc1ccc(Cl)cc1C(=O)O. The fraction of sp³-hybridized carbons (Fsp3) is 0.250. The molecule has 0 aromatic heterocycles. The zero-order valence-corrected chi connectivity index (χ0v) is 20.4. The zero-order chi connectivity index (χ0) is 25.5. The van der Waals surface area contributed by atoms with Gasteiger partial charge in [0.15, 0.2) is 0 Å². The lowest BCUT2D eigenvalue weighted by atomic mass is 9.68. The maximum Gasteiger partial charge on any atom is 0.337 e. The van der Waals surface area contributed by atoms with E-state index in [0.29, 0.717) is 13.1 Å². The summed E-state index contributed by atoms with van der Waals surface area (Å²) in [5, 5.41) is 12.0. The molecule has 3 aromatic carbocycles. The van der Waals surface area contributed by atoms with Crippen molar-refractivity contribution < 1.29 is 24.2 Å². The number of carbonyl (C=O) groups excluding carboxylic acids is 2. The van der Waals surface area contributed by atoms with E-state index in [9.17, 15) is 19.5 Å². The fourth-order valence-corrected chi connectivity index (χ4v) is 4.88. The molecule has 36 heavy (non-hydrogen) atoms. The van der Waals surface area contributed by atoms with Crippen LogP contribution >= 0.6 is 11.6 Å². The van der Waals surface area contributed by atoms with Crippen molar-refractivity contribution in [3.05, 3.63) is 101 Å². The highest BCUT2D eigenvalue weighted by Gasteiger charge is 2.38. The Kier molecular flexibility index (Phi) is 8.03. The van der Waals surface area contributed by atoms with Crippen LogP contribution in [0.4, 0.5) is 5.69 Å². The van der Waals surface area contributed by atoms with Gasteiger partial charge < -0.3 is 20.1 Å². The molecule has 1 saturated heterocycles. The van der Waals surface area contributed by atoms with Crippen molar-refractivity contribution in [2.75, 3.05) is 31.6 Å². The van der Waals surface area contributed by atoms with Gasteiger partial charge in [0.2, 0.25) is 11.8 Å². The predicted octanol–water partition coefficient (Wildman–Crippen LogP) is 4.60. The summed E-state index contributed by atoms with van der Waals surface area (Å²) in [6.45, 7) is 0.540. The van der Waals surface area contributed by atoms with Crippen molar-refractivity contribution in [1.82, 2.24) is 4.90 Å². The summed E-state index contributed by atoms with van der Waals surface area (Å²) in [7, 11) is 0. The Hall–Kier alpha value is -3.68. The van der Waals surface area contributed by atoms with Gasteiger partial charge in [-0.05, 0) is 42.2 Å². The van der Waals surface area contributed by atoms with Gasteiger partial charge in [0.1, 0.15) is 13.2 Å². The molecule has 1 fully saturated rings. The molecule has 7 nitrogen and oxygen atoms in total. The van der Waals surface area contributed by atoms with E-state index in [4.69, 9.17) is 16.3 Å². The van der Waals surface area contributed by atoms with Crippen LogP contribution in [0.5, 0.6) is 0 Å². The van der Waals surface area contributed by atoms with E-state index in [2.05, 4.69) is 29.6 Å². The molecule has 186 valence electrons. The van der Waals surface area contributed by atoms with Crippen molar-refractivity contribution in [2.24, 2.45) is 0 Å². The second-order valence-corrected chi connectivity index (χ2v) is 9.17. The number of rotatable bonds is 8. The van der Waals surface area contributed by atoms with Gasteiger partial charge in [-0.3, -0.25) is 9.59 Å². The van der Waals surface area contributed by atoms with Crippen molar-refractivity contribution in [3.63, 3.8) is 0 Å². The van der Waals surface area contributed by atoms with Crippen molar-refractivity contribution >= 4 is 35.1 Å². The maximum absolute atomic E-state index is 12.8. The van der Waals surface area contributed by atoms with Gasteiger partial charge in [0.25, 0.3) is 0 Å². The number of amides is 2. The van der Waals surface area contributed by atoms with E-state index in [-0.39, 0.29) is 40.8 Å². The van der Waals surface area contributed by atoms with Crippen LogP contribution in [0.3, 0.4) is 0 Å². The number of carbonyl (C=O) groups is 3. The van der Waals surface area contributed by atoms with Crippen LogP contribution in [0.1, 0.15) is 34.3 Å². The molecule has 0 saturated carbocycles. The first kappa shape index (κ1) is 25.4. The third-order valence-corrected chi connectivity index (χ3v) is 6.80. The molecule has 2 N–H and O–H groups in total. The number of ether oxygens (including phenoxy) is 1. The van der Waals surface area contributed by atoms with Gasteiger partial charge in [-0.15, -0.1) is 0 Å². The Balaban J connectivity index is 1.32.